The number of benzene rings is 2. The number of halogens is 5. The van der Waals surface area contributed by atoms with Gasteiger partial charge in [0.1, 0.15) is 5.82 Å². The Morgan fingerprint density at radius 1 is 1.25 bits per heavy atom. The van der Waals surface area contributed by atoms with Crippen molar-refractivity contribution < 1.29 is 27.5 Å². The number of hydrogen-bond acceptors (Lipinski definition) is 4. The standard InChI is InChI=1S/C22H19ClF4N2O2S/c1-12(14-6-5-13(7-8-30)17(24)10-14)20(31)28-11-18-19(15-3-2-4-16(23)9-15)29-21(32-18)22(25,26)27/h2-6,9-10,12,30H,7-8,11H2,1H3,(H,28,31). The van der Waals surface area contributed by atoms with Crippen molar-refractivity contribution in [2.75, 3.05) is 6.61 Å². The van der Waals surface area contributed by atoms with Crippen LogP contribution < -0.4 is 5.32 Å². The molecule has 2 aromatic carbocycles. The largest absolute Gasteiger partial charge is 0.443 e. The molecule has 32 heavy (non-hydrogen) atoms. The van der Waals surface area contributed by atoms with Crippen LogP contribution in [0.5, 0.6) is 0 Å². The molecule has 1 unspecified atom stereocenters. The van der Waals surface area contributed by atoms with E-state index < -0.39 is 28.8 Å². The van der Waals surface area contributed by atoms with Crippen LogP contribution in [0.2, 0.25) is 5.02 Å². The van der Waals surface area contributed by atoms with E-state index in [4.69, 9.17) is 16.7 Å². The fraction of sp³-hybridized carbons (Fsp3) is 0.273. The molecule has 0 radical (unpaired) electrons. The van der Waals surface area contributed by atoms with Crippen LogP contribution in [0.1, 0.15) is 33.9 Å². The number of aromatic nitrogens is 1. The lowest BCUT2D eigenvalue weighted by molar-refractivity contribution is -0.137. The quantitative estimate of drug-likeness (QED) is 0.429. The SMILES string of the molecule is CC(C(=O)NCc1sc(C(F)(F)F)nc1-c1cccc(Cl)c1)c1ccc(CCO)c(F)c1. The molecular weight excluding hydrogens is 468 g/mol. The summed E-state index contributed by atoms with van der Waals surface area (Å²) in [4.78, 5) is 16.6. The van der Waals surface area contributed by atoms with Gasteiger partial charge in [-0.05, 0) is 42.7 Å². The van der Waals surface area contributed by atoms with Gasteiger partial charge in [0.2, 0.25) is 5.91 Å². The summed E-state index contributed by atoms with van der Waals surface area (Å²) < 4.78 is 53.8. The Morgan fingerprint density at radius 3 is 2.62 bits per heavy atom. The second-order valence-corrected chi connectivity index (χ2v) is 8.58. The highest BCUT2D eigenvalue weighted by Crippen LogP contribution is 2.38. The summed E-state index contributed by atoms with van der Waals surface area (Å²) in [5.74, 6) is -1.74. The number of thiazole rings is 1. The van der Waals surface area contributed by atoms with Crippen LogP contribution in [0.15, 0.2) is 42.5 Å². The lowest BCUT2D eigenvalue weighted by Crippen LogP contribution is -2.27. The molecule has 170 valence electrons. The van der Waals surface area contributed by atoms with Crippen LogP contribution in [0.4, 0.5) is 17.6 Å². The lowest BCUT2D eigenvalue weighted by atomic mass is 9.98. The lowest BCUT2D eigenvalue weighted by Gasteiger charge is -2.14. The summed E-state index contributed by atoms with van der Waals surface area (Å²) in [6, 6.07) is 10.6. The van der Waals surface area contributed by atoms with E-state index >= 15 is 0 Å². The van der Waals surface area contributed by atoms with Gasteiger partial charge in [0, 0.05) is 17.2 Å². The second-order valence-electron chi connectivity index (χ2n) is 7.06. The van der Waals surface area contributed by atoms with Gasteiger partial charge in [-0.2, -0.15) is 13.2 Å². The van der Waals surface area contributed by atoms with Gasteiger partial charge in [0.05, 0.1) is 23.0 Å². The first-order valence-electron chi connectivity index (χ1n) is 9.60. The number of carbonyl (C=O) groups excluding carboxylic acids is 1. The number of hydrogen-bond donors (Lipinski definition) is 2. The van der Waals surface area contributed by atoms with Gasteiger partial charge < -0.3 is 10.4 Å². The molecular formula is C22H19ClF4N2O2S. The van der Waals surface area contributed by atoms with E-state index in [1.165, 1.54) is 18.2 Å². The van der Waals surface area contributed by atoms with Crippen molar-refractivity contribution in [1.29, 1.82) is 0 Å². The third-order valence-electron chi connectivity index (χ3n) is 4.81. The highest BCUT2D eigenvalue weighted by molar-refractivity contribution is 7.12. The molecule has 0 aliphatic heterocycles. The first kappa shape index (κ1) is 24.2. The van der Waals surface area contributed by atoms with E-state index in [9.17, 15) is 22.4 Å². The molecule has 4 nitrogen and oxygen atoms in total. The molecule has 0 aliphatic carbocycles. The molecule has 1 heterocycles. The number of alkyl halides is 3. The summed E-state index contributed by atoms with van der Waals surface area (Å²) in [5.41, 5.74) is 1.25. The third kappa shape index (κ3) is 5.65. The highest BCUT2D eigenvalue weighted by Gasteiger charge is 2.36. The van der Waals surface area contributed by atoms with Crippen molar-refractivity contribution in [2.45, 2.75) is 32.0 Å². The van der Waals surface area contributed by atoms with E-state index in [-0.39, 0.29) is 30.1 Å². The fourth-order valence-corrected chi connectivity index (χ4v) is 4.16. The van der Waals surface area contributed by atoms with Gasteiger partial charge in [0.25, 0.3) is 0 Å². The number of carbonyl (C=O) groups is 1. The maximum atomic E-state index is 14.1. The molecule has 3 rings (SSSR count). The molecule has 0 spiro atoms. The van der Waals surface area contributed by atoms with Gasteiger partial charge in [-0.3, -0.25) is 4.79 Å². The molecule has 3 aromatic rings. The average molecular weight is 487 g/mol. The van der Waals surface area contributed by atoms with Crippen molar-refractivity contribution in [3.63, 3.8) is 0 Å². The smallest absolute Gasteiger partial charge is 0.396 e. The Kier molecular flexibility index (Phi) is 7.53. The molecule has 10 heteroatoms. The average Bonchev–Trinajstić information content (AvgIpc) is 3.18. The van der Waals surface area contributed by atoms with Gasteiger partial charge in [-0.25, -0.2) is 9.37 Å². The summed E-state index contributed by atoms with van der Waals surface area (Å²) in [6.07, 6.45) is -4.47. The van der Waals surface area contributed by atoms with Crippen LogP contribution in [0, 0.1) is 5.82 Å². The predicted molar refractivity (Wildman–Crippen MR) is 115 cm³/mol. The molecule has 0 saturated carbocycles. The maximum absolute atomic E-state index is 14.1. The third-order valence-corrected chi connectivity index (χ3v) is 6.15. The molecule has 1 aromatic heterocycles. The van der Waals surface area contributed by atoms with Crippen molar-refractivity contribution in [3.8, 4) is 11.3 Å². The van der Waals surface area contributed by atoms with Crippen LogP contribution in [0.3, 0.4) is 0 Å². The van der Waals surface area contributed by atoms with Crippen molar-refractivity contribution in [3.05, 3.63) is 74.3 Å². The minimum Gasteiger partial charge on any atom is -0.396 e. The van der Waals surface area contributed by atoms with Crippen LogP contribution in [0.25, 0.3) is 11.3 Å². The molecule has 0 bridgehead atoms. The Morgan fingerprint density at radius 2 is 2.00 bits per heavy atom. The topological polar surface area (TPSA) is 62.2 Å². The zero-order valence-corrected chi connectivity index (χ0v) is 18.4. The predicted octanol–water partition coefficient (Wildman–Crippen LogP) is 5.58. The number of amides is 1. The van der Waals surface area contributed by atoms with Gasteiger partial charge in [-0.1, -0.05) is 35.9 Å². The number of nitrogens with zero attached hydrogens (tertiary/aromatic N) is 1. The molecule has 0 saturated heterocycles. The summed E-state index contributed by atoms with van der Waals surface area (Å²) >= 11 is 6.41. The second kappa shape index (κ2) is 9.97. The maximum Gasteiger partial charge on any atom is 0.443 e. The normalized spacial score (nSPS) is 12.6. The first-order valence-corrected chi connectivity index (χ1v) is 10.8. The van der Waals surface area contributed by atoms with E-state index in [0.717, 1.165) is 0 Å². The monoisotopic (exact) mass is 486 g/mol. The molecule has 2 N–H and O–H groups in total. The minimum absolute atomic E-state index is 0.0946. The zero-order chi connectivity index (χ0) is 23.5. The fourth-order valence-electron chi connectivity index (χ4n) is 3.08. The van der Waals surface area contributed by atoms with E-state index in [0.29, 0.717) is 33.0 Å². The Labute approximate surface area is 190 Å². The van der Waals surface area contributed by atoms with Crippen molar-refractivity contribution in [1.82, 2.24) is 10.3 Å². The van der Waals surface area contributed by atoms with E-state index in [1.54, 1.807) is 31.2 Å². The number of aliphatic hydroxyl groups excluding tert-OH is 1. The van der Waals surface area contributed by atoms with Gasteiger partial charge in [0.15, 0.2) is 5.01 Å². The Hall–Kier alpha value is -2.49. The molecule has 0 fully saturated rings. The zero-order valence-electron chi connectivity index (χ0n) is 16.8. The van der Waals surface area contributed by atoms with Gasteiger partial charge >= 0.3 is 6.18 Å². The Balaban J connectivity index is 1.80. The van der Waals surface area contributed by atoms with Crippen LogP contribution >= 0.6 is 22.9 Å². The minimum atomic E-state index is -4.62. The first-order chi connectivity index (χ1) is 15.1. The summed E-state index contributed by atoms with van der Waals surface area (Å²) in [7, 11) is 0. The summed E-state index contributed by atoms with van der Waals surface area (Å²) in [6.45, 7) is 1.20. The molecule has 1 amide bonds. The van der Waals surface area contributed by atoms with Crippen LogP contribution in [-0.2, 0) is 23.9 Å². The van der Waals surface area contributed by atoms with Crippen LogP contribution in [-0.4, -0.2) is 22.6 Å². The van der Waals surface area contributed by atoms with E-state index in [2.05, 4.69) is 10.3 Å². The number of nitrogens with one attached hydrogen (secondary N) is 1. The molecule has 1 atom stereocenters. The van der Waals surface area contributed by atoms with Crippen molar-refractivity contribution >= 4 is 28.8 Å². The van der Waals surface area contributed by atoms with Crippen molar-refractivity contribution in [2.24, 2.45) is 0 Å². The van der Waals surface area contributed by atoms with E-state index in [1.807, 2.05) is 0 Å². The number of rotatable bonds is 7. The van der Waals surface area contributed by atoms with Gasteiger partial charge in [-0.15, -0.1) is 11.3 Å². The number of aliphatic hydroxyl groups is 1. The highest BCUT2D eigenvalue weighted by atomic mass is 35.5. The Bertz CT molecular complexity index is 1120. The summed E-state index contributed by atoms with van der Waals surface area (Å²) in [5, 5.41) is 10.9. The molecule has 0 aliphatic rings.